The quantitative estimate of drug-likeness (QED) is 0.820. The van der Waals surface area contributed by atoms with Crippen molar-refractivity contribution in [2.75, 3.05) is 13.1 Å². The molecule has 26 heavy (non-hydrogen) atoms. The highest BCUT2D eigenvalue weighted by Gasteiger charge is 2.28. The monoisotopic (exact) mass is 389 g/mol. The van der Waals surface area contributed by atoms with Crippen LogP contribution in [0.15, 0.2) is 40.6 Å². The largest absolute Gasteiger partial charge is 0.352 e. The van der Waals surface area contributed by atoms with Crippen molar-refractivity contribution in [2.45, 2.75) is 30.0 Å². The second-order valence-corrected chi connectivity index (χ2v) is 9.43. The van der Waals surface area contributed by atoms with E-state index in [4.69, 9.17) is 5.26 Å². The number of thiophene rings is 1. The van der Waals surface area contributed by atoms with Gasteiger partial charge in [0.2, 0.25) is 5.91 Å². The lowest BCUT2D eigenvalue weighted by atomic mass is 10.1. The molecule has 1 aromatic carbocycles. The summed E-state index contributed by atoms with van der Waals surface area (Å²) in [6, 6.07) is 12.3. The van der Waals surface area contributed by atoms with Gasteiger partial charge in [-0.3, -0.25) is 4.79 Å². The third-order valence-corrected chi connectivity index (χ3v) is 7.65. The Morgan fingerprint density at radius 2 is 1.85 bits per heavy atom. The average molecular weight is 390 g/mol. The summed E-state index contributed by atoms with van der Waals surface area (Å²) in [4.78, 5) is 12.8. The molecule has 1 amide bonds. The van der Waals surface area contributed by atoms with Crippen molar-refractivity contribution < 1.29 is 13.2 Å². The van der Waals surface area contributed by atoms with E-state index in [-0.39, 0.29) is 12.3 Å². The van der Waals surface area contributed by atoms with Crippen LogP contribution >= 0.6 is 11.3 Å². The maximum atomic E-state index is 12.5. The second kappa shape index (κ2) is 7.99. The van der Waals surface area contributed by atoms with Crippen molar-refractivity contribution in [3.05, 3.63) is 52.4 Å². The zero-order chi connectivity index (χ0) is 18.6. The van der Waals surface area contributed by atoms with Gasteiger partial charge in [-0.15, -0.1) is 11.3 Å². The molecule has 0 unspecified atom stereocenters. The van der Waals surface area contributed by atoms with E-state index in [0.29, 0.717) is 29.4 Å². The van der Waals surface area contributed by atoms with Gasteiger partial charge in [-0.25, -0.2) is 8.42 Å². The minimum Gasteiger partial charge on any atom is -0.352 e. The molecule has 1 aromatic heterocycles. The van der Waals surface area contributed by atoms with Crippen molar-refractivity contribution >= 4 is 27.3 Å². The number of rotatable bonds is 6. The predicted octanol–water partition coefficient (Wildman–Crippen LogP) is 2.26. The van der Waals surface area contributed by atoms with Crippen LogP contribution in [-0.2, 0) is 27.8 Å². The molecule has 1 fully saturated rings. The van der Waals surface area contributed by atoms with Crippen LogP contribution in [0.3, 0.4) is 0 Å². The Bertz CT molecular complexity index is 921. The fourth-order valence-electron chi connectivity index (χ4n) is 2.77. The lowest BCUT2D eigenvalue weighted by Crippen LogP contribution is -2.27. The van der Waals surface area contributed by atoms with Crippen LogP contribution in [0.2, 0.25) is 0 Å². The smallest absolute Gasteiger partial charge is 0.252 e. The van der Waals surface area contributed by atoms with Gasteiger partial charge in [-0.1, -0.05) is 12.1 Å². The van der Waals surface area contributed by atoms with Gasteiger partial charge < -0.3 is 5.32 Å². The lowest BCUT2D eigenvalue weighted by molar-refractivity contribution is -0.120. The molecule has 0 aliphatic carbocycles. The molecular weight excluding hydrogens is 370 g/mol. The number of nitrogens with zero attached hydrogens (tertiary/aromatic N) is 2. The van der Waals surface area contributed by atoms with Gasteiger partial charge in [-0.05, 0) is 42.7 Å². The molecular formula is C18H19N3O3S2. The first-order chi connectivity index (χ1) is 12.5. The van der Waals surface area contributed by atoms with Crippen LogP contribution < -0.4 is 5.32 Å². The fourth-order valence-corrected chi connectivity index (χ4v) is 5.79. The summed E-state index contributed by atoms with van der Waals surface area (Å²) in [5, 5.41) is 11.6. The van der Waals surface area contributed by atoms with E-state index in [2.05, 4.69) is 5.32 Å². The minimum absolute atomic E-state index is 0.149. The Kier molecular flexibility index (Phi) is 5.71. The summed E-state index contributed by atoms with van der Waals surface area (Å²) in [7, 11) is -3.42. The fraction of sp³-hybridized carbons (Fsp3) is 0.333. The van der Waals surface area contributed by atoms with Crippen LogP contribution in [0, 0.1) is 11.3 Å². The normalized spacial score (nSPS) is 14.9. The summed E-state index contributed by atoms with van der Waals surface area (Å²) >= 11 is 1.16. The number of nitriles is 1. The van der Waals surface area contributed by atoms with Gasteiger partial charge in [0, 0.05) is 24.5 Å². The third-order valence-electron chi connectivity index (χ3n) is 4.20. The first-order valence-corrected chi connectivity index (χ1v) is 10.6. The zero-order valence-electron chi connectivity index (χ0n) is 14.1. The molecule has 1 aliphatic rings. The van der Waals surface area contributed by atoms with E-state index in [0.717, 1.165) is 34.6 Å². The van der Waals surface area contributed by atoms with Crippen LogP contribution in [0.4, 0.5) is 0 Å². The van der Waals surface area contributed by atoms with Crippen LogP contribution in [0.1, 0.15) is 28.8 Å². The minimum atomic E-state index is -3.42. The number of hydrogen-bond donors (Lipinski definition) is 1. The molecule has 3 rings (SSSR count). The molecule has 2 heterocycles. The highest BCUT2D eigenvalue weighted by molar-refractivity contribution is 7.91. The third kappa shape index (κ3) is 4.30. The number of sulfonamides is 1. The van der Waals surface area contributed by atoms with E-state index < -0.39 is 10.0 Å². The van der Waals surface area contributed by atoms with Crippen molar-refractivity contribution in [2.24, 2.45) is 0 Å². The van der Waals surface area contributed by atoms with E-state index in [9.17, 15) is 13.2 Å². The highest BCUT2D eigenvalue weighted by atomic mass is 32.2. The molecule has 0 saturated carbocycles. The first kappa shape index (κ1) is 18.6. The second-order valence-electron chi connectivity index (χ2n) is 6.09. The molecule has 0 bridgehead atoms. The number of carbonyl (C=O) groups is 1. The highest BCUT2D eigenvalue weighted by Crippen LogP contribution is 2.27. The first-order valence-electron chi connectivity index (χ1n) is 8.33. The predicted molar refractivity (Wildman–Crippen MR) is 99.0 cm³/mol. The number of benzene rings is 1. The molecule has 1 aliphatic heterocycles. The molecule has 6 nitrogen and oxygen atoms in total. The van der Waals surface area contributed by atoms with Crippen LogP contribution in [0.5, 0.6) is 0 Å². The molecule has 2 aromatic rings. The van der Waals surface area contributed by atoms with Crippen molar-refractivity contribution in [3.63, 3.8) is 0 Å². The summed E-state index contributed by atoms with van der Waals surface area (Å²) in [5.74, 6) is -0.165. The van der Waals surface area contributed by atoms with Gasteiger partial charge in [0.25, 0.3) is 10.0 Å². The molecule has 1 saturated heterocycles. The van der Waals surface area contributed by atoms with Crippen LogP contribution in [-0.4, -0.2) is 31.7 Å². The Balaban J connectivity index is 1.56. The molecule has 136 valence electrons. The Morgan fingerprint density at radius 3 is 2.50 bits per heavy atom. The topological polar surface area (TPSA) is 90.3 Å². The van der Waals surface area contributed by atoms with E-state index in [1.807, 2.05) is 6.07 Å². The molecule has 0 spiro atoms. The van der Waals surface area contributed by atoms with Gasteiger partial charge >= 0.3 is 0 Å². The summed E-state index contributed by atoms with van der Waals surface area (Å²) in [6.07, 6.45) is 1.95. The summed E-state index contributed by atoms with van der Waals surface area (Å²) < 4.78 is 26.8. The molecule has 0 radical (unpaired) electrons. The summed E-state index contributed by atoms with van der Waals surface area (Å²) in [6.45, 7) is 1.51. The molecule has 0 atom stereocenters. The number of amides is 1. The standard InChI is InChI=1S/C18H19N3O3S2/c19-12-14-3-5-15(6-4-14)13-20-17(22)11-16-7-8-18(25-16)26(23,24)21-9-1-2-10-21/h3-8H,1-2,9-11,13H2,(H,20,22). The maximum Gasteiger partial charge on any atom is 0.252 e. The Hall–Kier alpha value is -2.21. The molecule has 8 heteroatoms. The van der Waals surface area contributed by atoms with E-state index in [1.54, 1.807) is 36.4 Å². The number of nitrogens with one attached hydrogen (secondary N) is 1. The van der Waals surface area contributed by atoms with Gasteiger partial charge in [0.1, 0.15) is 4.21 Å². The van der Waals surface area contributed by atoms with E-state index >= 15 is 0 Å². The van der Waals surface area contributed by atoms with Gasteiger partial charge in [0.05, 0.1) is 18.1 Å². The Morgan fingerprint density at radius 1 is 1.15 bits per heavy atom. The van der Waals surface area contributed by atoms with Crippen molar-refractivity contribution in [3.8, 4) is 6.07 Å². The molecule has 1 N–H and O–H groups in total. The SMILES string of the molecule is N#Cc1ccc(CNC(=O)Cc2ccc(S(=O)(=O)N3CCCC3)s2)cc1. The summed E-state index contributed by atoms with van der Waals surface area (Å²) in [5.41, 5.74) is 1.48. The van der Waals surface area contributed by atoms with E-state index in [1.165, 1.54) is 4.31 Å². The van der Waals surface area contributed by atoms with Crippen molar-refractivity contribution in [1.29, 1.82) is 5.26 Å². The number of hydrogen-bond acceptors (Lipinski definition) is 5. The number of carbonyl (C=O) groups excluding carboxylic acids is 1. The maximum absolute atomic E-state index is 12.5. The lowest BCUT2D eigenvalue weighted by Gasteiger charge is -2.13. The average Bonchev–Trinajstić information content (AvgIpc) is 3.33. The zero-order valence-corrected chi connectivity index (χ0v) is 15.8. The Labute approximate surface area is 157 Å². The van der Waals surface area contributed by atoms with Crippen LogP contribution in [0.25, 0.3) is 0 Å². The van der Waals surface area contributed by atoms with Gasteiger partial charge in [-0.2, -0.15) is 9.57 Å². The van der Waals surface area contributed by atoms with Gasteiger partial charge in [0.15, 0.2) is 0 Å². The van der Waals surface area contributed by atoms with Crippen molar-refractivity contribution in [1.82, 2.24) is 9.62 Å².